The first kappa shape index (κ1) is 28.9. The van der Waals surface area contributed by atoms with E-state index in [1.807, 2.05) is 82.5 Å². The minimum Gasteiger partial charge on any atom is -1.00 e. The first-order valence-electron chi connectivity index (χ1n) is 11.2. The van der Waals surface area contributed by atoms with Crippen LogP contribution in [0.4, 0.5) is 0 Å². The molecule has 6 nitrogen and oxygen atoms in total. The minimum atomic E-state index is -0.314. The smallest absolute Gasteiger partial charge is 0.338 e. The van der Waals surface area contributed by atoms with Crippen molar-refractivity contribution in [1.82, 2.24) is 0 Å². The zero-order valence-corrected chi connectivity index (χ0v) is 23.1. The Morgan fingerprint density at radius 1 is 0.556 bits per heavy atom. The highest BCUT2D eigenvalue weighted by molar-refractivity contribution is 5.90. The van der Waals surface area contributed by atoms with Crippen molar-refractivity contribution in [3.63, 3.8) is 0 Å². The number of aromatic nitrogens is 2. The molecule has 0 aliphatic rings. The summed E-state index contributed by atoms with van der Waals surface area (Å²) in [6.45, 7) is 4.30. The molecular weight excluding hydrogens is 588 g/mol. The first-order chi connectivity index (χ1) is 16.6. The van der Waals surface area contributed by atoms with Gasteiger partial charge in [-0.1, -0.05) is 0 Å². The average molecular weight is 614 g/mol. The van der Waals surface area contributed by atoms with Gasteiger partial charge < -0.3 is 43.4 Å². The summed E-state index contributed by atoms with van der Waals surface area (Å²) in [6, 6.07) is 22.8. The molecule has 0 aliphatic heterocycles. The number of nitrogens with zero attached hydrogens (tertiary/aromatic N) is 2. The fraction of sp³-hybridized carbons (Fsp3) is 0.143. The predicted molar refractivity (Wildman–Crippen MR) is 127 cm³/mol. The number of hydrogen-bond acceptors (Lipinski definition) is 4. The lowest BCUT2D eigenvalue weighted by atomic mass is 10.1. The fourth-order valence-corrected chi connectivity index (χ4v) is 3.55. The fourth-order valence-electron chi connectivity index (χ4n) is 3.55. The molecule has 0 aliphatic carbocycles. The molecule has 0 bridgehead atoms. The lowest BCUT2D eigenvalue weighted by Gasteiger charge is -2.03. The van der Waals surface area contributed by atoms with Gasteiger partial charge in [-0.05, 0) is 49.2 Å². The molecule has 0 saturated heterocycles. The maximum Gasteiger partial charge on any atom is 0.338 e. The highest BCUT2D eigenvalue weighted by Crippen LogP contribution is 2.17. The molecule has 0 N–H and O–H groups in total. The Bertz CT molecular complexity index is 1170. The maximum atomic E-state index is 11.8. The molecule has 36 heavy (non-hydrogen) atoms. The number of benzene rings is 2. The van der Waals surface area contributed by atoms with Gasteiger partial charge in [0, 0.05) is 48.5 Å². The van der Waals surface area contributed by atoms with Crippen LogP contribution in [-0.2, 0) is 9.47 Å². The summed E-state index contributed by atoms with van der Waals surface area (Å²) in [6.07, 6.45) is 7.96. The molecule has 0 radical (unpaired) electrons. The van der Waals surface area contributed by atoms with Crippen molar-refractivity contribution in [2.45, 2.75) is 13.8 Å². The van der Waals surface area contributed by atoms with E-state index in [1.165, 1.54) is 0 Å². The SMILES string of the molecule is CCOC(=O)c1ccc(-[n+]2ccc(-c3cc[n+](-c4ccc(C(=O)OCC)cc4)cc3)cc2)cc1.[Br-].[Br-]. The van der Waals surface area contributed by atoms with Crippen LogP contribution in [0.1, 0.15) is 34.6 Å². The molecule has 2 heterocycles. The molecule has 0 unspecified atom stereocenters. The summed E-state index contributed by atoms with van der Waals surface area (Å²) in [4.78, 5) is 23.7. The van der Waals surface area contributed by atoms with Crippen molar-refractivity contribution in [2.75, 3.05) is 13.2 Å². The quantitative estimate of drug-likeness (QED) is 0.184. The van der Waals surface area contributed by atoms with Gasteiger partial charge in [-0.2, -0.15) is 9.13 Å². The van der Waals surface area contributed by atoms with E-state index >= 15 is 0 Å². The van der Waals surface area contributed by atoms with Crippen LogP contribution in [0.25, 0.3) is 22.5 Å². The Labute approximate surface area is 231 Å². The van der Waals surface area contributed by atoms with E-state index in [9.17, 15) is 9.59 Å². The molecule has 4 aromatic rings. The maximum absolute atomic E-state index is 11.8. The molecule has 0 saturated carbocycles. The van der Waals surface area contributed by atoms with Gasteiger partial charge in [0.1, 0.15) is 0 Å². The Morgan fingerprint density at radius 3 is 1.14 bits per heavy atom. The van der Waals surface area contributed by atoms with E-state index in [2.05, 4.69) is 0 Å². The van der Waals surface area contributed by atoms with Gasteiger partial charge >= 0.3 is 11.9 Å². The Kier molecular flexibility index (Phi) is 11.0. The third kappa shape index (κ3) is 6.86. The van der Waals surface area contributed by atoms with Crippen LogP contribution >= 0.6 is 0 Å². The summed E-state index contributed by atoms with van der Waals surface area (Å²) in [5, 5.41) is 0. The lowest BCUT2D eigenvalue weighted by molar-refractivity contribution is -0.596. The second-order valence-corrected chi connectivity index (χ2v) is 7.52. The van der Waals surface area contributed by atoms with Crippen LogP contribution in [0, 0.1) is 0 Å². The third-order valence-corrected chi connectivity index (χ3v) is 5.35. The number of rotatable bonds is 7. The predicted octanol–water partition coefficient (Wildman–Crippen LogP) is -1.73. The number of ether oxygens (including phenoxy) is 2. The van der Waals surface area contributed by atoms with Crippen LogP contribution < -0.4 is 43.1 Å². The average Bonchev–Trinajstić information content (AvgIpc) is 2.89. The molecule has 0 fully saturated rings. The van der Waals surface area contributed by atoms with Gasteiger partial charge in [0.25, 0.3) is 0 Å². The molecule has 186 valence electrons. The second-order valence-electron chi connectivity index (χ2n) is 7.52. The molecule has 2 aromatic carbocycles. The van der Waals surface area contributed by atoms with E-state index < -0.39 is 0 Å². The van der Waals surface area contributed by atoms with Crippen molar-refractivity contribution in [3.8, 4) is 22.5 Å². The molecule has 0 spiro atoms. The molecule has 8 heteroatoms. The van der Waals surface area contributed by atoms with Crippen molar-refractivity contribution in [1.29, 1.82) is 0 Å². The van der Waals surface area contributed by atoms with Crippen LogP contribution in [0.15, 0.2) is 97.6 Å². The van der Waals surface area contributed by atoms with E-state index in [0.29, 0.717) is 24.3 Å². The van der Waals surface area contributed by atoms with Crippen molar-refractivity contribution in [3.05, 3.63) is 109 Å². The van der Waals surface area contributed by atoms with Crippen LogP contribution in [0.3, 0.4) is 0 Å². The van der Waals surface area contributed by atoms with Gasteiger partial charge in [0.15, 0.2) is 24.8 Å². The number of carbonyl (C=O) groups is 2. The summed E-state index contributed by atoms with van der Waals surface area (Å²) >= 11 is 0. The zero-order valence-electron chi connectivity index (χ0n) is 19.9. The molecule has 0 atom stereocenters. The molecular formula is C28H26Br2N2O4. The largest absolute Gasteiger partial charge is 1.00 e. The van der Waals surface area contributed by atoms with Crippen molar-refractivity contribution < 1.29 is 62.2 Å². The Balaban J connectivity index is 0.00000228. The standard InChI is InChI=1S/C28H26N2O4.2BrH/c1-3-33-27(31)23-5-9-25(10-6-23)29-17-13-21(14-18-29)22-15-19-30(20-16-22)26-11-7-24(8-12-26)28(32)34-4-2;;/h5-20H,3-4H2,1-2H3;2*1H/q+2;;/p-2. The number of carbonyl (C=O) groups excluding carboxylic acids is 2. The van der Waals surface area contributed by atoms with Crippen molar-refractivity contribution >= 4 is 11.9 Å². The van der Waals surface area contributed by atoms with E-state index in [1.54, 1.807) is 38.1 Å². The number of pyridine rings is 2. The summed E-state index contributed by atoms with van der Waals surface area (Å²) < 4.78 is 14.1. The van der Waals surface area contributed by atoms with E-state index in [4.69, 9.17) is 9.47 Å². The van der Waals surface area contributed by atoms with Gasteiger partial charge in [0.05, 0.1) is 24.3 Å². The molecule has 0 amide bonds. The highest BCUT2D eigenvalue weighted by Gasteiger charge is 2.13. The lowest BCUT2D eigenvalue weighted by Crippen LogP contribution is -3.00. The van der Waals surface area contributed by atoms with E-state index in [-0.39, 0.29) is 45.9 Å². The second kappa shape index (κ2) is 13.7. The van der Waals surface area contributed by atoms with E-state index in [0.717, 1.165) is 22.5 Å². The molecule has 2 aromatic heterocycles. The van der Waals surface area contributed by atoms with Crippen LogP contribution in [0.5, 0.6) is 0 Å². The third-order valence-electron chi connectivity index (χ3n) is 5.35. The first-order valence-corrected chi connectivity index (χ1v) is 11.2. The van der Waals surface area contributed by atoms with Gasteiger partial charge in [-0.25, -0.2) is 9.59 Å². The number of hydrogen-bond donors (Lipinski definition) is 0. The Hall–Kier alpha value is -3.36. The summed E-state index contributed by atoms with van der Waals surface area (Å²) in [5.74, 6) is -0.628. The van der Waals surface area contributed by atoms with Gasteiger partial charge in [0.2, 0.25) is 11.4 Å². The monoisotopic (exact) mass is 612 g/mol. The van der Waals surface area contributed by atoms with Crippen LogP contribution in [0.2, 0.25) is 0 Å². The summed E-state index contributed by atoms with van der Waals surface area (Å²) in [5.41, 5.74) is 5.16. The topological polar surface area (TPSA) is 60.4 Å². The van der Waals surface area contributed by atoms with Gasteiger partial charge in [-0.15, -0.1) is 0 Å². The normalized spacial score (nSPS) is 9.94. The minimum absolute atomic E-state index is 0. The number of esters is 2. The van der Waals surface area contributed by atoms with Gasteiger partial charge in [-0.3, -0.25) is 0 Å². The summed E-state index contributed by atoms with van der Waals surface area (Å²) in [7, 11) is 0. The number of halogens is 2. The zero-order chi connectivity index (χ0) is 23.9. The van der Waals surface area contributed by atoms with Crippen molar-refractivity contribution in [2.24, 2.45) is 0 Å². The highest BCUT2D eigenvalue weighted by atomic mass is 79.9. The van der Waals surface area contributed by atoms with Crippen LogP contribution in [-0.4, -0.2) is 25.2 Å². The molecule has 4 rings (SSSR count). The Morgan fingerprint density at radius 2 is 0.861 bits per heavy atom.